The number of pyridine rings is 1. The number of carbonyl (C=O) groups is 2. The monoisotopic (exact) mass is 408 g/mol. The summed E-state index contributed by atoms with van der Waals surface area (Å²) in [6, 6.07) is 5.53. The minimum atomic E-state index is -0.329. The minimum Gasteiger partial charge on any atom is -0.324 e. The van der Waals surface area contributed by atoms with Crippen LogP contribution in [-0.4, -0.2) is 41.8 Å². The zero-order valence-corrected chi connectivity index (χ0v) is 17.2. The fraction of sp³-hybridized carbons (Fsp3) is 0.316. The Morgan fingerprint density at radius 3 is 2.11 bits per heavy atom. The Kier molecular flexibility index (Phi) is 7.18. The third-order valence-corrected chi connectivity index (χ3v) is 4.33. The number of amides is 2. The Balaban J connectivity index is 1.90. The number of aryl methyl sites for hydroxylation is 3. The summed E-state index contributed by atoms with van der Waals surface area (Å²) >= 11 is 11.8. The van der Waals surface area contributed by atoms with E-state index in [1.54, 1.807) is 11.9 Å². The predicted molar refractivity (Wildman–Crippen MR) is 110 cm³/mol. The van der Waals surface area contributed by atoms with Crippen LogP contribution in [-0.2, 0) is 9.59 Å². The van der Waals surface area contributed by atoms with E-state index in [1.807, 2.05) is 32.9 Å². The molecule has 0 aliphatic carbocycles. The smallest absolute Gasteiger partial charge is 0.239 e. The summed E-state index contributed by atoms with van der Waals surface area (Å²) in [5.74, 6) is -0.289. The molecule has 27 heavy (non-hydrogen) atoms. The van der Waals surface area contributed by atoms with Gasteiger partial charge in [-0.05, 0) is 45.0 Å². The molecule has 0 unspecified atom stereocenters. The van der Waals surface area contributed by atoms with E-state index in [9.17, 15) is 9.59 Å². The molecular formula is C19H22Cl2N4O2. The van der Waals surface area contributed by atoms with Gasteiger partial charge in [0.2, 0.25) is 11.8 Å². The Morgan fingerprint density at radius 2 is 1.56 bits per heavy atom. The van der Waals surface area contributed by atoms with Gasteiger partial charge in [0, 0.05) is 11.9 Å². The number of likely N-dealkylation sites (N-methyl/N-ethyl adjacent to an activating group) is 1. The molecule has 2 aromatic rings. The number of carbonyl (C=O) groups excluding carboxylic acids is 2. The van der Waals surface area contributed by atoms with E-state index in [0.717, 1.165) is 22.4 Å². The lowest BCUT2D eigenvalue weighted by atomic mass is 10.1. The number of rotatable bonds is 6. The second-order valence-corrected chi connectivity index (χ2v) is 7.37. The van der Waals surface area contributed by atoms with Gasteiger partial charge < -0.3 is 10.6 Å². The number of anilines is 2. The van der Waals surface area contributed by atoms with Crippen molar-refractivity contribution in [3.63, 3.8) is 0 Å². The molecule has 0 atom stereocenters. The highest BCUT2D eigenvalue weighted by atomic mass is 35.5. The van der Waals surface area contributed by atoms with Gasteiger partial charge >= 0.3 is 0 Å². The third-order valence-electron chi connectivity index (χ3n) is 3.83. The second kappa shape index (κ2) is 9.17. The van der Waals surface area contributed by atoms with E-state index >= 15 is 0 Å². The molecule has 144 valence electrons. The number of halogens is 2. The topological polar surface area (TPSA) is 74.3 Å². The summed E-state index contributed by atoms with van der Waals surface area (Å²) in [4.78, 5) is 30.0. The minimum absolute atomic E-state index is 0.0138. The van der Waals surface area contributed by atoms with Gasteiger partial charge in [0.15, 0.2) is 5.82 Å². The van der Waals surface area contributed by atoms with Crippen molar-refractivity contribution in [3.8, 4) is 0 Å². The number of aromatic nitrogens is 1. The highest BCUT2D eigenvalue weighted by molar-refractivity contribution is 6.36. The van der Waals surface area contributed by atoms with Gasteiger partial charge in [-0.15, -0.1) is 0 Å². The molecule has 0 saturated carbocycles. The number of benzene rings is 1. The van der Waals surface area contributed by atoms with E-state index in [1.165, 1.54) is 12.3 Å². The number of hydrogen-bond donors (Lipinski definition) is 2. The first-order valence-electron chi connectivity index (χ1n) is 8.33. The highest BCUT2D eigenvalue weighted by Gasteiger charge is 2.14. The van der Waals surface area contributed by atoms with Gasteiger partial charge in [0.1, 0.15) is 0 Å². The van der Waals surface area contributed by atoms with Crippen LogP contribution in [0.5, 0.6) is 0 Å². The fourth-order valence-corrected chi connectivity index (χ4v) is 3.21. The molecule has 6 nitrogen and oxygen atoms in total. The van der Waals surface area contributed by atoms with Gasteiger partial charge in [-0.3, -0.25) is 14.5 Å². The van der Waals surface area contributed by atoms with E-state index in [0.29, 0.717) is 5.02 Å². The van der Waals surface area contributed by atoms with Crippen molar-refractivity contribution >= 4 is 46.5 Å². The molecule has 0 saturated heterocycles. The Hall–Kier alpha value is -2.15. The van der Waals surface area contributed by atoms with Crippen LogP contribution < -0.4 is 10.6 Å². The Morgan fingerprint density at radius 1 is 1.00 bits per heavy atom. The molecule has 1 heterocycles. The molecule has 1 aromatic carbocycles. The molecule has 0 fully saturated rings. The van der Waals surface area contributed by atoms with Crippen molar-refractivity contribution in [2.24, 2.45) is 0 Å². The highest BCUT2D eigenvalue weighted by Crippen LogP contribution is 2.23. The first-order chi connectivity index (χ1) is 12.7. The summed E-state index contributed by atoms with van der Waals surface area (Å²) in [7, 11) is 1.69. The van der Waals surface area contributed by atoms with Gasteiger partial charge in [-0.1, -0.05) is 40.9 Å². The second-order valence-electron chi connectivity index (χ2n) is 6.53. The Bertz CT molecular complexity index is 848. The van der Waals surface area contributed by atoms with Crippen LogP contribution in [0.25, 0.3) is 0 Å². The van der Waals surface area contributed by atoms with Crippen molar-refractivity contribution in [2.75, 3.05) is 30.8 Å². The normalized spacial score (nSPS) is 10.8. The molecule has 2 N–H and O–H groups in total. The van der Waals surface area contributed by atoms with E-state index in [2.05, 4.69) is 15.6 Å². The van der Waals surface area contributed by atoms with Crippen LogP contribution in [0.2, 0.25) is 10.0 Å². The molecule has 1 aromatic heterocycles. The molecular weight excluding hydrogens is 387 g/mol. The van der Waals surface area contributed by atoms with Gasteiger partial charge in [-0.2, -0.15) is 0 Å². The first kappa shape index (κ1) is 21.2. The molecule has 2 amide bonds. The maximum absolute atomic E-state index is 12.3. The van der Waals surface area contributed by atoms with Crippen LogP contribution in [0.1, 0.15) is 16.7 Å². The standard InChI is InChI=1S/C19H22Cl2N4O2/c1-11-5-12(2)18(13(3)6-11)23-16(26)9-25(4)10-17(27)24-19-15(21)7-14(20)8-22-19/h5-8H,9-10H2,1-4H3,(H,23,26)(H,22,24,27). The third kappa shape index (κ3) is 6.20. The van der Waals surface area contributed by atoms with Crippen LogP contribution in [0, 0.1) is 20.8 Å². The lowest BCUT2D eigenvalue weighted by Gasteiger charge is -2.18. The van der Waals surface area contributed by atoms with Gasteiger partial charge in [-0.25, -0.2) is 4.98 Å². The van der Waals surface area contributed by atoms with E-state index < -0.39 is 0 Å². The Labute approximate surface area is 168 Å². The molecule has 0 spiro atoms. The fourth-order valence-electron chi connectivity index (χ4n) is 2.78. The predicted octanol–water partition coefficient (Wildman–Crippen LogP) is 3.82. The summed E-state index contributed by atoms with van der Waals surface area (Å²) in [5, 5.41) is 6.15. The SMILES string of the molecule is Cc1cc(C)c(NC(=O)CN(C)CC(=O)Nc2ncc(Cl)cc2Cl)c(C)c1. The summed E-state index contributed by atoms with van der Waals surface area (Å²) < 4.78 is 0. The summed E-state index contributed by atoms with van der Waals surface area (Å²) in [5.41, 5.74) is 3.96. The first-order valence-corrected chi connectivity index (χ1v) is 9.08. The van der Waals surface area contributed by atoms with Crippen molar-refractivity contribution in [3.05, 3.63) is 51.1 Å². The van der Waals surface area contributed by atoms with Crippen molar-refractivity contribution in [2.45, 2.75) is 20.8 Å². The van der Waals surface area contributed by atoms with Gasteiger partial charge in [0.05, 0.1) is 23.1 Å². The van der Waals surface area contributed by atoms with Crippen LogP contribution >= 0.6 is 23.2 Å². The van der Waals surface area contributed by atoms with Crippen molar-refractivity contribution in [1.82, 2.24) is 9.88 Å². The number of nitrogens with one attached hydrogen (secondary N) is 2. The summed E-state index contributed by atoms with van der Waals surface area (Å²) in [6.45, 7) is 6.01. The molecule has 0 bridgehead atoms. The zero-order valence-electron chi connectivity index (χ0n) is 15.7. The van der Waals surface area contributed by atoms with Crippen LogP contribution in [0.4, 0.5) is 11.5 Å². The molecule has 2 rings (SSSR count). The van der Waals surface area contributed by atoms with E-state index in [-0.39, 0.29) is 35.7 Å². The van der Waals surface area contributed by atoms with E-state index in [4.69, 9.17) is 23.2 Å². The average Bonchev–Trinajstić information content (AvgIpc) is 2.53. The van der Waals surface area contributed by atoms with Crippen molar-refractivity contribution in [1.29, 1.82) is 0 Å². The van der Waals surface area contributed by atoms with Crippen LogP contribution in [0.15, 0.2) is 24.4 Å². The molecule has 0 aliphatic heterocycles. The maximum Gasteiger partial charge on any atom is 0.239 e. The maximum atomic E-state index is 12.3. The quantitative estimate of drug-likeness (QED) is 0.761. The lowest BCUT2D eigenvalue weighted by molar-refractivity contribution is -0.119. The largest absolute Gasteiger partial charge is 0.324 e. The summed E-state index contributed by atoms with van der Waals surface area (Å²) in [6.07, 6.45) is 1.40. The molecule has 0 radical (unpaired) electrons. The van der Waals surface area contributed by atoms with Gasteiger partial charge in [0.25, 0.3) is 0 Å². The van der Waals surface area contributed by atoms with Crippen LogP contribution in [0.3, 0.4) is 0 Å². The lowest BCUT2D eigenvalue weighted by Crippen LogP contribution is -2.36. The molecule has 0 aliphatic rings. The number of nitrogens with zero attached hydrogens (tertiary/aromatic N) is 2. The van der Waals surface area contributed by atoms with Crippen molar-refractivity contribution < 1.29 is 9.59 Å². The number of hydrogen-bond acceptors (Lipinski definition) is 4. The zero-order chi connectivity index (χ0) is 20.1. The average molecular weight is 409 g/mol. The molecule has 8 heteroatoms.